The average Bonchev–Trinajstić information content (AvgIpc) is 2.27. The van der Waals surface area contributed by atoms with Crippen LogP contribution < -0.4 is 0 Å². The molecule has 0 aromatic rings. The van der Waals surface area contributed by atoms with Crippen LogP contribution in [0, 0.1) is 0 Å². The van der Waals surface area contributed by atoms with Gasteiger partial charge in [0.05, 0.1) is 0 Å². The number of carbonyl (C=O) groups is 2. The number of hydrogen-bond acceptors (Lipinski definition) is 4. The lowest BCUT2D eigenvalue weighted by Crippen LogP contribution is -1.85. The third-order valence-corrected chi connectivity index (χ3v) is 0.915. The zero-order chi connectivity index (χ0) is 13.4. The molecule has 0 aliphatic rings. The molecule has 0 atom stereocenters. The molecule has 6 nitrogen and oxygen atoms in total. The normalized spacial score (nSPS) is 7.38. The fourth-order valence-electron chi connectivity index (χ4n) is 0.224. The summed E-state index contributed by atoms with van der Waals surface area (Å²) < 4.78 is 0. The molecule has 4 N–H and O–H groups in total. The van der Waals surface area contributed by atoms with E-state index in [9.17, 15) is 9.59 Å². The van der Waals surface area contributed by atoms with E-state index >= 15 is 0 Å². The van der Waals surface area contributed by atoms with Crippen molar-refractivity contribution in [2.75, 3.05) is 13.2 Å². The van der Waals surface area contributed by atoms with Crippen LogP contribution in [-0.4, -0.2) is 45.6 Å². The summed E-state index contributed by atoms with van der Waals surface area (Å²) in [6.45, 7) is 6.31. The van der Waals surface area contributed by atoms with Gasteiger partial charge in [-0.2, -0.15) is 0 Å². The van der Waals surface area contributed by atoms with Gasteiger partial charge in [0, 0.05) is 25.4 Å². The molecule has 0 fully saturated rings. The summed E-state index contributed by atoms with van der Waals surface area (Å²) in [4.78, 5) is 18.5. The lowest BCUT2D eigenvalue weighted by atomic mass is 10.3. The smallest absolute Gasteiger partial charge is 0.327 e. The average molecular weight is 234 g/mol. The fraction of sp³-hybridized carbons (Fsp3) is 0.400. The third-order valence-electron chi connectivity index (χ3n) is 0.915. The van der Waals surface area contributed by atoms with Crippen LogP contribution >= 0.6 is 0 Å². The molecule has 0 aliphatic carbocycles. The maximum atomic E-state index is 9.25. The molecule has 0 aromatic carbocycles. The Bertz CT molecular complexity index is 177. The maximum Gasteiger partial charge on any atom is 0.327 e. The molecule has 6 heteroatoms. The number of unbranched alkanes of at least 4 members (excludes halogenated alkanes) is 1. The van der Waals surface area contributed by atoms with E-state index in [1.165, 1.54) is 0 Å². The van der Waals surface area contributed by atoms with Crippen LogP contribution in [0.15, 0.2) is 25.3 Å². The molecule has 94 valence electrons. The van der Waals surface area contributed by atoms with Crippen molar-refractivity contribution in [3.63, 3.8) is 0 Å². The van der Waals surface area contributed by atoms with Crippen molar-refractivity contribution in [1.29, 1.82) is 0 Å². The molecule has 0 saturated carbocycles. The first kappa shape index (κ1) is 19.8. The van der Waals surface area contributed by atoms with Gasteiger partial charge in [-0.15, -0.1) is 0 Å². The van der Waals surface area contributed by atoms with Crippen molar-refractivity contribution >= 4 is 11.9 Å². The number of aliphatic carboxylic acids is 2. The summed E-state index contributed by atoms with van der Waals surface area (Å²) in [6, 6.07) is 0. The number of carboxylic acids is 2. The van der Waals surface area contributed by atoms with E-state index in [0.717, 1.165) is 25.0 Å². The van der Waals surface area contributed by atoms with Crippen LogP contribution in [0.2, 0.25) is 0 Å². The van der Waals surface area contributed by atoms with Crippen molar-refractivity contribution in [2.24, 2.45) is 0 Å². The predicted octanol–water partition coefficient (Wildman–Crippen LogP) is 0.265. The van der Waals surface area contributed by atoms with Gasteiger partial charge in [-0.05, 0) is 12.8 Å². The highest BCUT2D eigenvalue weighted by atomic mass is 16.4. The van der Waals surface area contributed by atoms with Gasteiger partial charge in [-0.3, -0.25) is 0 Å². The van der Waals surface area contributed by atoms with E-state index < -0.39 is 11.9 Å². The second kappa shape index (κ2) is 19.0. The molecule has 0 aromatic heterocycles. The van der Waals surface area contributed by atoms with Gasteiger partial charge in [0.15, 0.2) is 0 Å². The topological polar surface area (TPSA) is 115 Å². The van der Waals surface area contributed by atoms with Crippen molar-refractivity contribution in [3.8, 4) is 0 Å². The monoisotopic (exact) mass is 234 g/mol. The Kier molecular flexibility index (Phi) is 23.6. The first-order chi connectivity index (χ1) is 7.45. The molecule has 0 amide bonds. The van der Waals surface area contributed by atoms with E-state index in [2.05, 4.69) is 13.2 Å². The number of carboxylic acid groups (broad SMARTS) is 2. The Labute approximate surface area is 94.2 Å². The molecule has 0 radical (unpaired) electrons. The van der Waals surface area contributed by atoms with Crippen molar-refractivity contribution in [1.82, 2.24) is 0 Å². The highest BCUT2D eigenvalue weighted by Crippen LogP contribution is 1.80. The lowest BCUT2D eigenvalue weighted by molar-refractivity contribution is -0.132. The zero-order valence-corrected chi connectivity index (χ0v) is 9.00. The molecule has 0 spiro atoms. The molecule has 0 heterocycles. The Hall–Kier alpha value is -1.66. The second-order valence-electron chi connectivity index (χ2n) is 2.24. The maximum absolute atomic E-state index is 9.25. The van der Waals surface area contributed by atoms with E-state index in [1.807, 2.05) is 0 Å². The van der Waals surface area contributed by atoms with E-state index in [0.29, 0.717) is 0 Å². The molecule has 0 rings (SSSR count). The van der Waals surface area contributed by atoms with Crippen LogP contribution in [-0.2, 0) is 9.59 Å². The van der Waals surface area contributed by atoms with Crippen LogP contribution in [0.1, 0.15) is 12.8 Å². The Morgan fingerprint density at radius 3 is 1.12 bits per heavy atom. The summed E-state index contributed by atoms with van der Waals surface area (Å²) >= 11 is 0. The largest absolute Gasteiger partial charge is 0.478 e. The van der Waals surface area contributed by atoms with Gasteiger partial charge >= 0.3 is 11.9 Å². The standard InChI is InChI=1S/C4H10O2.2C3H4O2/c5-3-1-2-4-6;2*1-2-3(4)5/h5-6H,1-4H2;2*2H,1H2,(H,4,5). The van der Waals surface area contributed by atoms with E-state index in [4.69, 9.17) is 20.4 Å². The van der Waals surface area contributed by atoms with Crippen LogP contribution in [0.25, 0.3) is 0 Å². The summed E-state index contributed by atoms with van der Waals surface area (Å²) in [7, 11) is 0. The fourth-order valence-corrected chi connectivity index (χ4v) is 0.224. The summed E-state index contributed by atoms with van der Waals surface area (Å²) in [5.41, 5.74) is 0. The second-order valence-corrected chi connectivity index (χ2v) is 2.24. The Morgan fingerprint density at radius 1 is 0.875 bits per heavy atom. The number of hydrogen-bond donors (Lipinski definition) is 4. The SMILES string of the molecule is C=CC(=O)O.C=CC(=O)O.OCCCCO. The van der Waals surface area contributed by atoms with Gasteiger partial charge < -0.3 is 20.4 Å². The van der Waals surface area contributed by atoms with Gasteiger partial charge in [0.25, 0.3) is 0 Å². The third kappa shape index (κ3) is 55.6. The minimum Gasteiger partial charge on any atom is -0.478 e. The molecule has 0 bridgehead atoms. The Balaban J connectivity index is -0.000000160. The number of rotatable bonds is 5. The van der Waals surface area contributed by atoms with Crippen LogP contribution in [0.4, 0.5) is 0 Å². The van der Waals surface area contributed by atoms with Gasteiger partial charge in [-0.25, -0.2) is 9.59 Å². The molecule has 0 aliphatic heterocycles. The summed E-state index contributed by atoms with van der Waals surface area (Å²) in [6.07, 6.45) is 3.10. The van der Waals surface area contributed by atoms with Crippen molar-refractivity contribution < 1.29 is 30.0 Å². The molecular formula is C10H18O6. The van der Waals surface area contributed by atoms with Gasteiger partial charge in [0.2, 0.25) is 0 Å². The molecule has 0 saturated heterocycles. The lowest BCUT2D eigenvalue weighted by Gasteiger charge is -1.85. The minimum atomic E-state index is -0.981. The summed E-state index contributed by atoms with van der Waals surface area (Å²) in [5, 5.41) is 31.4. The molecule has 16 heavy (non-hydrogen) atoms. The number of aliphatic hydroxyl groups excluding tert-OH is 2. The van der Waals surface area contributed by atoms with Crippen LogP contribution in [0.5, 0.6) is 0 Å². The highest BCUT2D eigenvalue weighted by molar-refractivity contribution is 5.79. The van der Waals surface area contributed by atoms with E-state index in [-0.39, 0.29) is 13.2 Å². The van der Waals surface area contributed by atoms with Crippen molar-refractivity contribution in [2.45, 2.75) is 12.8 Å². The van der Waals surface area contributed by atoms with Crippen molar-refractivity contribution in [3.05, 3.63) is 25.3 Å². The quantitative estimate of drug-likeness (QED) is 0.401. The molecular weight excluding hydrogens is 216 g/mol. The van der Waals surface area contributed by atoms with E-state index in [1.54, 1.807) is 0 Å². The first-order valence-electron chi connectivity index (χ1n) is 4.38. The molecule has 0 unspecified atom stereocenters. The zero-order valence-electron chi connectivity index (χ0n) is 9.00. The number of aliphatic hydroxyl groups is 2. The Morgan fingerprint density at radius 2 is 1.06 bits per heavy atom. The van der Waals surface area contributed by atoms with Gasteiger partial charge in [-0.1, -0.05) is 13.2 Å². The van der Waals surface area contributed by atoms with Crippen LogP contribution in [0.3, 0.4) is 0 Å². The van der Waals surface area contributed by atoms with Gasteiger partial charge in [0.1, 0.15) is 0 Å². The highest BCUT2D eigenvalue weighted by Gasteiger charge is 1.77. The minimum absolute atomic E-state index is 0.195. The summed E-state index contributed by atoms with van der Waals surface area (Å²) in [5.74, 6) is -1.96. The first-order valence-corrected chi connectivity index (χ1v) is 4.38. The predicted molar refractivity (Wildman–Crippen MR) is 59.1 cm³/mol.